The summed E-state index contributed by atoms with van der Waals surface area (Å²) < 4.78 is 5.50. The summed E-state index contributed by atoms with van der Waals surface area (Å²) in [7, 11) is 0. The van der Waals surface area contributed by atoms with Crippen molar-refractivity contribution in [2.45, 2.75) is 77.4 Å². The number of thiophene rings is 1. The number of likely N-dealkylation sites (tertiary alicyclic amines) is 2. The molecule has 1 aromatic carbocycles. The number of nitrogens with one attached hydrogen (secondary N) is 1. The second-order valence-corrected chi connectivity index (χ2v) is 13.7. The highest BCUT2D eigenvalue weighted by atomic mass is 32.1. The van der Waals surface area contributed by atoms with Crippen molar-refractivity contribution in [3.63, 3.8) is 0 Å². The van der Waals surface area contributed by atoms with E-state index in [2.05, 4.69) is 51.5 Å². The third kappa shape index (κ3) is 8.43. The number of hydrogen-bond donors (Lipinski definition) is 1. The van der Waals surface area contributed by atoms with Crippen molar-refractivity contribution in [3.8, 4) is 10.4 Å². The SMILES string of the molecule is CC(C)(C)OC(=O)N1CC=C(c2ccc(-c3ccc(NC(=O)CCN4CCC(N5CCCCC5)CC4)s3)cc2)CC1. The number of nitrogens with zero attached hydrogens (tertiary/aromatic N) is 3. The molecule has 2 saturated heterocycles. The second kappa shape index (κ2) is 13.5. The predicted octanol–water partition coefficient (Wildman–Crippen LogP) is 6.72. The van der Waals surface area contributed by atoms with Gasteiger partial charge in [0.2, 0.25) is 5.91 Å². The molecule has 0 saturated carbocycles. The first-order valence-electron chi connectivity index (χ1n) is 15.4. The third-order valence-corrected chi connectivity index (χ3v) is 9.44. The Morgan fingerprint density at radius 2 is 1.63 bits per heavy atom. The van der Waals surface area contributed by atoms with Crippen LogP contribution in [0.4, 0.5) is 9.80 Å². The molecule has 2 fully saturated rings. The summed E-state index contributed by atoms with van der Waals surface area (Å²) in [6.07, 6.45) is 9.78. The van der Waals surface area contributed by atoms with Crippen LogP contribution in [-0.2, 0) is 9.53 Å². The number of carbonyl (C=O) groups is 2. The van der Waals surface area contributed by atoms with Gasteiger partial charge in [0.05, 0.1) is 5.00 Å². The zero-order chi connectivity index (χ0) is 28.8. The van der Waals surface area contributed by atoms with Gasteiger partial charge in [0.15, 0.2) is 0 Å². The lowest BCUT2D eigenvalue weighted by molar-refractivity contribution is -0.116. The molecule has 3 aliphatic heterocycles. The van der Waals surface area contributed by atoms with Gasteiger partial charge in [0.25, 0.3) is 0 Å². The zero-order valence-corrected chi connectivity index (χ0v) is 25.8. The van der Waals surface area contributed by atoms with Crippen molar-refractivity contribution in [2.24, 2.45) is 0 Å². The van der Waals surface area contributed by atoms with Crippen LogP contribution in [-0.4, -0.2) is 84.2 Å². The Morgan fingerprint density at radius 1 is 0.927 bits per heavy atom. The van der Waals surface area contributed by atoms with E-state index in [-0.39, 0.29) is 12.0 Å². The minimum absolute atomic E-state index is 0.0940. The zero-order valence-electron chi connectivity index (χ0n) is 25.0. The average Bonchev–Trinajstić information content (AvgIpc) is 3.44. The van der Waals surface area contributed by atoms with E-state index < -0.39 is 5.60 Å². The van der Waals surface area contributed by atoms with Crippen molar-refractivity contribution in [3.05, 3.63) is 48.0 Å². The first-order chi connectivity index (χ1) is 19.7. The molecule has 7 nitrogen and oxygen atoms in total. The molecule has 222 valence electrons. The number of ether oxygens (including phenoxy) is 1. The molecule has 1 aromatic heterocycles. The molecule has 0 aliphatic carbocycles. The number of carbonyl (C=O) groups excluding carboxylic acids is 2. The van der Waals surface area contributed by atoms with E-state index in [0.717, 1.165) is 47.5 Å². The fraction of sp³-hybridized carbons (Fsp3) is 0.576. The Labute approximate surface area is 249 Å². The van der Waals surface area contributed by atoms with Crippen LogP contribution in [0.25, 0.3) is 16.0 Å². The van der Waals surface area contributed by atoms with Gasteiger partial charge in [-0.25, -0.2) is 4.79 Å². The van der Waals surface area contributed by atoms with Gasteiger partial charge in [-0.3, -0.25) is 4.79 Å². The maximum absolute atomic E-state index is 12.7. The van der Waals surface area contributed by atoms with Gasteiger partial charge in [-0.1, -0.05) is 36.8 Å². The van der Waals surface area contributed by atoms with Crippen molar-refractivity contribution in [1.29, 1.82) is 0 Å². The number of hydrogen-bond acceptors (Lipinski definition) is 6. The molecule has 2 amide bonds. The molecule has 41 heavy (non-hydrogen) atoms. The minimum atomic E-state index is -0.481. The highest BCUT2D eigenvalue weighted by molar-refractivity contribution is 7.19. The number of amides is 2. The van der Waals surface area contributed by atoms with E-state index in [9.17, 15) is 9.59 Å². The first-order valence-corrected chi connectivity index (χ1v) is 16.2. The Balaban J connectivity index is 1.06. The molecule has 0 atom stereocenters. The number of anilines is 1. The molecular formula is C33H46N4O3S. The lowest BCUT2D eigenvalue weighted by Crippen LogP contribution is -2.47. The minimum Gasteiger partial charge on any atom is -0.444 e. The Bertz CT molecular complexity index is 1200. The van der Waals surface area contributed by atoms with Crippen LogP contribution < -0.4 is 5.32 Å². The molecule has 4 heterocycles. The molecule has 2 aromatic rings. The highest BCUT2D eigenvalue weighted by Crippen LogP contribution is 2.33. The lowest BCUT2D eigenvalue weighted by atomic mass is 9.98. The summed E-state index contributed by atoms with van der Waals surface area (Å²) in [6.45, 7) is 12.5. The summed E-state index contributed by atoms with van der Waals surface area (Å²) >= 11 is 1.62. The summed E-state index contributed by atoms with van der Waals surface area (Å²) in [6, 6.07) is 13.4. The maximum atomic E-state index is 12.7. The Morgan fingerprint density at radius 3 is 2.29 bits per heavy atom. The van der Waals surface area contributed by atoms with Gasteiger partial charge in [0.1, 0.15) is 5.60 Å². The van der Waals surface area contributed by atoms with Gasteiger partial charge in [-0.05, 0) is 108 Å². The smallest absolute Gasteiger partial charge is 0.410 e. The Hall–Kier alpha value is -2.68. The molecule has 0 bridgehead atoms. The monoisotopic (exact) mass is 578 g/mol. The van der Waals surface area contributed by atoms with Crippen molar-refractivity contribution < 1.29 is 14.3 Å². The van der Waals surface area contributed by atoms with Crippen LogP contribution in [0.3, 0.4) is 0 Å². The fourth-order valence-corrected chi connectivity index (χ4v) is 7.01. The van der Waals surface area contributed by atoms with Crippen molar-refractivity contribution in [1.82, 2.24) is 14.7 Å². The van der Waals surface area contributed by atoms with Crippen LogP contribution in [0, 0.1) is 0 Å². The van der Waals surface area contributed by atoms with Crippen LogP contribution in [0.1, 0.15) is 71.3 Å². The predicted molar refractivity (Wildman–Crippen MR) is 168 cm³/mol. The Kier molecular flexibility index (Phi) is 9.83. The molecule has 5 rings (SSSR count). The summed E-state index contributed by atoms with van der Waals surface area (Å²) in [5.41, 5.74) is 3.10. The van der Waals surface area contributed by atoms with Gasteiger partial charge in [-0.15, -0.1) is 11.3 Å². The van der Waals surface area contributed by atoms with Crippen LogP contribution >= 0.6 is 11.3 Å². The quantitative estimate of drug-likeness (QED) is 0.395. The van der Waals surface area contributed by atoms with Crippen LogP contribution in [0.15, 0.2) is 42.5 Å². The van der Waals surface area contributed by atoms with Gasteiger partial charge in [0, 0.05) is 37.0 Å². The van der Waals surface area contributed by atoms with Crippen molar-refractivity contribution in [2.75, 3.05) is 51.1 Å². The summed E-state index contributed by atoms with van der Waals surface area (Å²) in [5.74, 6) is 0.0940. The normalized spacial score (nSPS) is 19.6. The fourth-order valence-electron chi connectivity index (χ4n) is 6.08. The summed E-state index contributed by atoms with van der Waals surface area (Å²) in [5, 5.41) is 4.01. The molecule has 0 unspecified atom stereocenters. The van der Waals surface area contributed by atoms with E-state index in [0.29, 0.717) is 19.5 Å². The van der Waals surface area contributed by atoms with E-state index in [1.54, 1.807) is 16.2 Å². The van der Waals surface area contributed by atoms with Gasteiger partial charge < -0.3 is 24.8 Å². The largest absolute Gasteiger partial charge is 0.444 e. The molecule has 0 radical (unpaired) electrons. The van der Waals surface area contributed by atoms with Gasteiger partial charge >= 0.3 is 6.09 Å². The van der Waals surface area contributed by atoms with E-state index in [1.165, 1.54) is 56.3 Å². The lowest BCUT2D eigenvalue weighted by Gasteiger charge is -2.40. The molecule has 8 heteroatoms. The molecule has 3 aliphatic rings. The van der Waals surface area contributed by atoms with Crippen LogP contribution in [0.2, 0.25) is 0 Å². The van der Waals surface area contributed by atoms with Crippen LogP contribution in [0.5, 0.6) is 0 Å². The number of piperidine rings is 2. The molecular weight excluding hydrogens is 532 g/mol. The van der Waals surface area contributed by atoms with E-state index in [4.69, 9.17) is 4.74 Å². The maximum Gasteiger partial charge on any atom is 0.410 e. The first kappa shape index (κ1) is 29.8. The van der Waals surface area contributed by atoms with E-state index in [1.807, 2.05) is 26.8 Å². The molecule has 0 spiro atoms. The number of benzene rings is 1. The van der Waals surface area contributed by atoms with Gasteiger partial charge in [-0.2, -0.15) is 0 Å². The summed E-state index contributed by atoms with van der Waals surface area (Å²) in [4.78, 5) is 33.1. The van der Waals surface area contributed by atoms with E-state index >= 15 is 0 Å². The van der Waals surface area contributed by atoms with Crippen molar-refractivity contribution >= 4 is 33.9 Å². The standard InChI is InChI=1S/C33H46N4O3S/c1-33(2,3)40-32(39)37-23-13-26(14-24-37)25-7-9-27(10-8-25)29-11-12-31(41-29)34-30(38)17-22-35-20-15-28(16-21-35)36-18-5-4-6-19-36/h7-13,28H,4-6,14-24H2,1-3H3,(H,34,38). The average molecular weight is 579 g/mol. The highest BCUT2D eigenvalue weighted by Gasteiger charge is 2.26. The second-order valence-electron chi connectivity index (χ2n) is 12.6. The number of rotatable bonds is 7. The molecule has 1 N–H and O–H groups in total. The topological polar surface area (TPSA) is 65.1 Å². The third-order valence-electron chi connectivity index (χ3n) is 8.39.